The minimum Gasteiger partial charge on any atom is -0.316 e. The lowest BCUT2D eigenvalue weighted by atomic mass is 9.62. The molecule has 1 saturated carbocycles. The Bertz CT molecular complexity index is 496. The SMILES string of the molecule is CC1CC(C)(C)CC12CCNCC2c1ccccc1Cl. The Kier molecular flexibility index (Phi) is 3.63. The molecule has 0 aromatic heterocycles. The molecule has 1 aliphatic carbocycles. The fourth-order valence-corrected chi connectivity index (χ4v) is 5.36. The molecule has 0 bridgehead atoms. The number of rotatable bonds is 1. The summed E-state index contributed by atoms with van der Waals surface area (Å²) in [5.41, 5.74) is 2.25. The second-order valence-corrected chi connectivity index (χ2v) is 8.11. The van der Waals surface area contributed by atoms with Crippen LogP contribution in [0.5, 0.6) is 0 Å². The lowest BCUT2D eigenvalue weighted by molar-refractivity contribution is 0.108. The zero-order valence-electron chi connectivity index (χ0n) is 12.9. The van der Waals surface area contributed by atoms with Gasteiger partial charge in [-0.1, -0.05) is 50.6 Å². The normalized spacial score (nSPS) is 36.4. The number of benzene rings is 1. The van der Waals surface area contributed by atoms with Gasteiger partial charge >= 0.3 is 0 Å². The lowest BCUT2D eigenvalue weighted by Gasteiger charge is -2.46. The van der Waals surface area contributed by atoms with Crippen molar-refractivity contribution in [3.05, 3.63) is 34.9 Å². The minimum absolute atomic E-state index is 0.430. The molecule has 1 nitrogen and oxygen atoms in total. The predicted octanol–water partition coefficient (Wildman–Crippen LogP) is 4.86. The van der Waals surface area contributed by atoms with Crippen LogP contribution in [-0.2, 0) is 0 Å². The van der Waals surface area contributed by atoms with Gasteiger partial charge in [0.05, 0.1) is 0 Å². The highest BCUT2D eigenvalue weighted by Crippen LogP contribution is 2.61. The molecular weight excluding hydrogens is 266 g/mol. The van der Waals surface area contributed by atoms with Gasteiger partial charge in [-0.05, 0) is 54.2 Å². The average Bonchev–Trinajstić information content (AvgIpc) is 2.61. The molecular formula is C18H26ClN. The van der Waals surface area contributed by atoms with Crippen molar-refractivity contribution in [3.8, 4) is 0 Å². The summed E-state index contributed by atoms with van der Waals surface area (Å²) in [6, 6.07) is 8.45. The first-order chi connectivity index (χ1) is 9.45. The molecule has 1 aliphatic heterocycles. The van der Waals surface area contributed by atoms with Gasteiger partial charge in [0.15, 0.2) is 0 Å². The fraction of sp³-hybridized carbons (Fsp3) is 0.667. The third-order valence-electron chi connectivity index (χ3n) is 5.74. The molecule has 110 valence electrons. The third-order valence-corrected chi connectivity index (χ3v) is 6.08. The topological polar surface area (TPSA) is 12.0 Å². The van der Waals surface area contributed by atoms with Gasteiger partial charge in [0.1, 0.15) is 0 Å². The molecule has 1 spiro atoms. The summed E-state index contributed by atoms with van der Waals surface area (Å²) in [6.45, 7) is 9.56. The number of hydrogen-bond acceptors (Lipinski definition) is 1. The standard InChI is InChI=1S/C18H26ClN/c1-13-10-17(2,3)12-18(13)8-9-20-11-15(18)14-6-4-5-7-16(14)19/h4-7,13,15,20H,8-12H2,1-3H3. The van der Waals surface area contributed by atoms with E-state index in [2.05, 4.69) is 38.2 Å². The van der Waals surface area contributed by atoms with Crippen molar-refractivity contribution < 1.29 is 0 Å². The highest BCUT2D eigenvalue weighted by molar-refractivity contribution is 6.31. The van der Waals surface area contributed by atoms with Crippen molar-refractivity contribution in [1.82, 2.24) is 5.32 Å². The summed E-state index contributed by atoms with van der Waals surface area (Å²) in [5.74, 6) is 1.34. The zero-order valence-corrected chi connectivity index (χ0v) is 13.6. The Balaban J connectivity index is 2.02. The minimum atomic E-state index is 0.430. The van der Waals surface area contributed by atoms with E-state index in [0.29, 0.717) is 16.7 Å². The Labute approximate surface area is 128 Å². The van der Waals surface area contributed by atoms with E-state index in [-0.39, 0.29) is 0 Å². The summed E-state index contributed by atoms with van der Waals surface area (Å²) < 4.78 is 0. The van der Waals surface area contributed by atoms with Crippen molar-refractivity contribution in [2.75, 3.05) is 13.1 Å². The van der Waals surface area contributed by atoms with E-state index < -0.39 is 0 Å². The first kappa shape index (κ1) is 14.4. The molecule has 3 rings (SSSR count). The largest absolute Gasteiger partial charge is 0.316 e. The smallest absolute Gasteiger partial charge is 0.0441 e. The zero-order chi connectivity index (χ0) is 14.4. The molecule has 1 saturated heterocycles. The van der Waals surface area contributed by atoms with E-state index in [1.165, 1.54) is 24.8 Å². The maximum Gasteiger partial charge on any atom is 0.0441 e. The summed E-state index contributed by atoms with van der Waals surface area (Å²) in [7, 11) is 0. The first-order valence-corrected chi connectivity index (χ1v) is 8.28. The summed E-state index contributed by atoms with van der Waals surface area (Å²) in [6.07, 6.45) is 3.96. The van der Waals surface area contributed by atoms with Crippen molar-refractivity contribution in [1.29, 1.82) is 0 Å². The van der Waals surface area contributed by atoms with Crippen molar-refractivity contribution >= 4 is 11.6 Å². The van der Waals surface area contributed by atoms with E-state index in [9.17, 15) is 0 Å². The molecule has 3 unspecified atom stereocenters. The molecule has 1 aromatic carbocycles. The summed E-state index contributed by atoms with van der Waals surface area (Å²) >= 11 is 6.51. The van der Waals surface area contributed by atoms with Gasteiger partial charge in [-0.25, -0.2) is 0 Å². The Morgan fingerprint density at radius 3 is 2.65 bits per heavy atom. The summed E-state index contributed by atoms with van der Waals surface area (Å²) in [5, 5.41) is 4.54. The van der Waals surface area contributed by atoms with Gasteiger partial charge < -0.3 is 5.32 Å². The molecule has 2 heteroatoms. The lowest BCUT2D eigenvalue weighted by Crippen LogP contribution is -2.45. The molecule has 1 aromatic rings. The highest BCUT2D eigenvalue weighted by atomic mass is 35.5. The van der Waals surface area contributed by atoms with Crippen LogP contribution in [0.25, 0.3) is 0 Å². The van der Waals surface area contributed by atoms with Crippen molar-refractivity contribution in [3.63, 3.8) is 0 Å². The molecule has 1 heterocycles. The fourth-order valence-electron chi connectivity index (χ4n) is 5.09. The molecule has 2 fully saturated rings. The van der Waals surface area contributed by atoms with Crippen molar-refractivity contribution in [2.24, 2.45) is 16.7 Å². The van der Waals surface area contributed by atoms with Gasteiger partial charge in [-0.15, -0.1) is 0 Å². The van der Waals surface area contributed by atoms with Crippen LogP contribution in [-0.4, -0.2) is 13.1 Å². The third kappa shape index (κ3) is 2.29. The second-order valence-electron chi connectivity index (χ2n) is 7.71. The Hall–Kier alpha value is -0.530. The molecule has 20 heavy (non-hydrogen) atoms. The van der Waals surface area contributed by atoms with Crippen LogP contribution >= 0.6 is 11.6 Å². The van der Waals surface area contributed by atoms with Crippen LogP contribution in [0.2, 0.25) is 5.02 Å². The van der Waals surface area contributed by atoms with Crippen LogP contribution in [0.4, 0.5) is 0 Å². The molecule has 3 atom stereocenters. The maximum absolute atomic E-state index is 6.51. The molecule has 2 aliphatic rings. The van der Waals surface area contributed by atoms with Gasteiger partial charge in [0, 0.05) is 17.5 Å². The predicted molar refractivity (Wildman–Crippen MR) is 86.3 cm³/mol. The van der Waals surface area contributed by atoms with Gasteiger partial charge in [-0.3, -0.25) is 0 Å². The maximum atomic E-state index is 6.51. The number of halogens is 1. The van der Waals surface area contributed by atoms with E-state index in [0.717, 1.165) is 24.0 Å². The van der Waals surface area contributed by atoms with Gasteiger partial charge in [0.25, 0.3) is 0 Å². The number of piperidine rings is 1. The van der Waals surface area contributed by atoms with E-state index >= 15 is 0 Å². The van der Waals surface area contributed by atoms with Crippen LogP contribution in [0.1, 0.15) is 51.5 Å². The highest BCUT2D eigenvalue weighted by Gasteiger charge is 2.53. The molecule has 0 amide bonds. The van der Waals surface area contributed by atoms with Crippen LogP contribution in [0.15, 0.2) is 24.3 Å². The summed E-state index contributed by atoms with van der Waals surface area (Å²) in [4.78, 5) is 0. The Morgan fingerprint density at radius 2 is 2.00 bits per heavy atom. The Morgan fingerprint density at radius 1 is 1.25 bits per heavy atom. The van der Waals surface area contributed by atoms with E-state index in [4.69, 9.17) is 11.6 Å². The number of nitrogens with one attached hydrogen (secondary N) is 1. The number of hydrogen-bond donors (Lipinski definition) is 1. The van der Waals surface area contributed by atoms with Crippen molar-refractivity contribution in [2.45, 2.75) is 46.0 Å². The first-order valence-electron chi connectivity index (χ1n) is 7.90. The van der Waals surface area contributed by atoms with Gasteiger partial charge in [0.2, 0.25) is 0 Å². The van der Waals surface area contributed by atoms with E-state index in [1.54, 1.807) is 0 Å². The molecule has 1 N–H and O–H groups in total. The van der Waals surface area contributed by atoms with Gasteiger partial charge in [-0.2, -0.15) is 0 Å². The molecule has 0 radical (unpaired) electrons. The average molecular weight is 292 g/mol. The van der Waals surface area contributed by atoms with Crippen LogP contribution < -0.4 is 5.32 Å². The second kappa shape index (κ2) is 5.03. The van der Waals surface area contributed by atoms with Crippen LogP contribution in [0, 0.1) is 16.7 Å². The quantitative estimate of drug-likeness (QED) is 0.779. The van der Waals surface area contributed by atoms with Crippen LogP contribution in [0.3, 0.4) is 0 Å². The van der Waals surface area contributed by atoms with E-state index in [1.807, 2.05) is 12.1 Å². The monoisotopic (exact) mass is 291 g/mol.